The normalized spacial score (nSPS) is 10.8. The molecule has 0 amide bonds. The number of rotatable bonds is 5. The van der Waals surface area contributed by atoms with Crippen LogP contribution in [-0.2, 0) is 0 Å². The van der Waals surface area contributed by atoms with Crippen LogP contribution in [0.2, 0.25) is 0 Å². The molecule has 0 aliphatic carbocycles. The van der Waals surface area contributed by atoms with Crippen LogP contribution in [0.1, 0.15) is 11.1 Å². The largest absolute Gasteiger partial charge is 0.865 e. The minimum atomic E-state index is -0.863. The maximum Gasteiger partial charge on any atom is 0.269 e. The summed E-state index contributed by atoms with van der Waals surface area (Å²) in [6.07, 6.45) is 1.33. The molecule has 0 radical (unpaired) electrons. The molecular weight excluding hydrogens is 330 g/mol. The predicted octanol–water partition coefficient (Wildman–Crippen LogP) is 2.65. The van der Waals surface area contributed by atoms with E-state index in [-0.39, 0.29) is 22.6 Å². The van der Waals surface area contributed by atoms with Crippen LogP contribution >= 0.6 is 0 Å². The molecular formula is C16H10N3O6-. The molecule has 0 heterocycles. The van der Waals surface area contributed by atoms with Crippen molar-refractivity contribution in [1.82, 2.24) is 0 Å². The molecule has 9 heteroatoms. The number of non-ortho nitro benzene ring substituents is 1. The minimum absolute atomic E-state index is 0.116. The second kappa shape index (κ2) is 7.10. The van der Waals surface area contributed by atoms with Gasteiger partial charge < -0.3 is 9.84 Å². The monoisotopic (exact) mass is 340 g/mol. The third-order valence-electron chi connectivity index (χ3n) is 3.29. The first-order valence-electron chi connectivity index (χ1n) is 6.77. The summed E-state index contributed by atoms with van der Waals surface area (Å²) in [4.78, 5) is 20.2. The third kappa shape index (κ3) is 3.70. The van der Waals surface area contributed by atoms with Gasteiger partial charge in [0.25, 0.3) is 11.4 Å². The molecule has 0 unspecified atom stereocenters. The van der Waals surface area contributed by atoms with Crippen LogP contribution in [0.3, 0.4) is 0 Å². The Morgan fingerprint density at radius 2 is 1.80 bits per heavy atom. The van der Waals surface area contributed by atoms with Gasteiger partial charge in [0.05, 0.1) is 28.6 Å². The Labute approximate surface area is 141 Å². The van der Waals surface area contributed by atoms with Crippen molar-refractivity contribution in [2.45, 2.75) is 0 Å². The fraction of sp³-hybridized carbons (Fsp3) is 0.0625. The van der Waals surface area contributed by atoms with E-state index in [1.807, 2.05) is 6.07 Å². The lowest BCUT2D eigenvalue weighted by atomic mass is 10.0. The Hall–Kier alpha value is -3.93. The van der Waals surface area contributed by atoms with Crippen LogP contribution in [0.25, 0.3) is 11.6 Å². The molecule has 0 spiro atoms. The van der Waals surface area contributed by atoms with E-state index in [1.54, 1.807) is 0 Å². The van der Waals surface area contributed by atoms with Gasteiger partial charge >= 0.3 is 0 Å². The molecule has 0 saturated carbocycles. The Bertz CT molecular complexity index is 913. The van der Waals surface area contributed by atoms with E-state index in [0.717, 1.165) is 6.07 Å². The fourth-order valence-electron chi connectivity index (χ4n) is 2.09. The number of benzene rings is 2. The van der Waals surface area contributed by atoms with Crippen molar-refractivity contribution in [3.63, 3.8) is 0 Å². The van der Waals surface area contributed by atoms with Crippen LogP contribution in [0.4, 0.5) is 11.4 Å². The van der Waals surface area contributed by atoms with Crippen LogP contribution in [0.15, 0.2) is 36.4 Å². The van der Waals surface area contributed by atoms with Crippen molar-refractivity contribution < 1.29 is 19.7 Å². The summed E-state index contributed by atoms with van der Waals surface area (Å²) in [5, 5.41) is 42.7. The molecule has 0 saturated heterocycles. The standard InChI is InChI=1S/C16H11N3O6/c1-25-15-8-10(7-14(16(15)20)19(23)24)6-12(9-17)11-2-4-13(5-3-11)18(21)22/h2-8,20H,1H3/p-1. The topological polar surface area (TPSA) is 142 Å². The molecule has 9 nitrogen and oxygen atoms in total. The molecule has 2 rings (SSSR count). The smallest absolute Gasteiger partial charge is 0.269 e. The Balaban J connectivity index is 2.52. The second-order valence-electron chi connectivity index (χ2n) is 4.80. The van der Waals surface area contributed by atoms with Gasteiger partial charge in [0, 0.05) is 23.9 Å². The van der Waals surface area contributed by atoms with E-state index in [4.69, 9.17) is 4.74 Å². The Morgan fingerprint density at radius 3 is 2.28 bits per heavy atom. The average Bonchev–Trinajstić information content (AvgIpc) is 2.60. The van der Waals surface area contributed by atoms with Crippen molar-refractivity contribution in [2.75, 3.05) is 7.11 Å². The highest BCUT2D eigenvalue weighted by Crippen LogP contribution is 2.35. The van der Waals surface area contributed by atoms with Gasteiger partial charge in [0.2, 0.25) is 0 Å². The molecule has 2 aromatic rings. The zero-order valence-corrected chi connectivity index (χ0v) is 12.8. The molecule has 0 aliphatic heterocycles. The summed E-state index contributed by atoms with van der Waals surface area (Å²) in [6.45, 7) is 0. The summed E-state index contributed by atoms with van der Waals surface area (Å²) in [6, 6.07) is 9.49. The maximum atomic E-state index is 11.8. The average molecular weight is 340 g/mol. The molecule has 0 fully saturated rings. The number of nitrogens with zero attached hydrogens (tertiary/aromatic N) is 3. The highest BCUT2D eigenvalue weighted by atomic mass is 16.6. The molecule has 0 N–H and O–H groups in total. The molecule has 0 atom stereocenters. The van der Waals surface area contributed by atoms with Gasteiger partial charge in [-0.3, -0.25) is 20.2 Å². The fourth-order valence-corrected chi connectivity index (χ4v) is 2.09. The number of methoxy groups -OCH3 is 1. The third-order valence-corrected chi connectivity index (χ3v) is 3.29. The van der Waals surface area contributed by atoms with Crippen LogP contribution in [-0.4, -0.2) is 17.0 Å². The molecule has 2 aromatic carbocycles. The molecule has 25 heavy (non-hydrogen) atoms. The summed E-state index contributed by atoms with van der Waals surface area (Å²) in [7, 11) is 1.20. The number of nitriles is 1. The van der Waals surface area contributed by atoms with Gasteiger partial charge in [-0.25, -0.2) is 0 Å². The number of hydrogen-bond donors (Lipinski definition) is 0. The zero-order valence-electron chi connectivity index (χ0n) is 12.8. The summed E-state index contributed by atoms with van der Waals surface area (Å²) in [5.74, 6) is -1.08. The van der Waals surface area contributed by atoms with Gasteiger partial charge in [0.1, 0.15) is 5.75 Å². The van der Waals surface area contributed by atoms with Crippen molar-refractivity contribution in [2.24, 2.45) is 0 Å². The van der Waals surface area contributed by atoms with Gasteiger partial charge in [-0.05, 0) is 35.4 Å². The summed E-state index contributed by atoms with van der Waals surface area (Å²) < 4.78 is 4.84. The molecule has 0 aromatic heterocycles. The first kappa shape index (κ1) is 17.4. The summed E-state index contributed by atoms with van der Waals surface area (Å²) in [5.41, 5.74) is -0.0792. The van der Waals surface area contributed by atoms with Crippen molar-refractivity contribution in [3.05, 3.63) is 67.8 Å². The number of nitro benzene ring substituents is 2. The van der Waals surface area contributed by atoms with E-state index in [1.165, 1.54) is 43.5 Å². The van der Waals surface area contributed by atoms with Gasteiger partial charge in [-0.2, -0.15) is 5.26 Å². The molecule has 0 bridgehead atoms. The zero-order chi connectivity index (χ0) is 18.6. The maximum absolute atomic E-state index is 11.8. The van der Waals surface area contributed by atoms with E-state index in [0.29, 0.717) is 5.56 Å². The van der Waals surface area contributed by atoms with Crippen LogP contribution in [0.5, 0.6) is 11.5 Å². The number of nitro groups is 2. The minimum Gasteiger partial charge on any atom is -0.865 e. The van der Waals surface area contributed by atoms with Gasteiger partial charge in [-0.15, -0.1) is 0 Å². The lowest BCUT2D eigenvalue weighted by molar-refractivity contribution is -0.398. The lowest BCUT2D eigenvalue weighted by Crippen LogP contribution is -2.01. The van der Waals surface area contributed by atoms with Gasteiger partial charge in [0.15, 0.2) is 0 Å². The number of hydrogen-bond acceptors (Lipinski definition) is 7. The summed E-state index contributed by atoms with van der Waals surface area (Å²) >= 11 is 0. The lowest BCUT2D eigenvalue weighted by Gasteiger charge is -2.13. The van der Waals surface area contributed by atoms with Crippen LogP contribution < -0.4 is 9.84 Å². The van der Waals surface area contributed by atoms with Crippen molar-refractivity contribution >= 4 is 23.0 Å². The highest BCUT2D eigenvalue weighted by molar-refractivity contribution is 5.90. The SMILES string of the molecule is COc1cc(C=C(C#N)c2ccc([N+](=O)[O-])cc2)cc([N+](=O)[O-])c1[O-]. The predicted molar refractivity (Wildman–Crippen MR) is 85.7 cm³/mol. The van der Waals surface area contributed by atoms with Gasteiger partial charge in [-0.1, -0.05) is 0 Å². The Kier molecular flexibility index (Phi) is 4.95. The van der Waals surface area contributed by atoms with E-state index in [9.17, 15) is 30.6 Å². The van der Waals surface area contributed by atoms with E-state index >= 15 is 0 Å². The molecule has 0 aliphatic rings. The van der Waals surface area contributed by atoms with Crippen molar-refractivity contribution in [3.8, 4) is 17.6 Å². The van der Waals surface area contributed by atoms with Crippen molar-refractivity contribution in [1.29, 1.82) is 5.26 Å². The Morgan fingerprint density at radius 1 is 1.16 bits per heavy atom. The highest BCUT2D eigenvalue weighted by Gasteiger charge is 2.14. The molecule has 126 valence electrons. The van der Waals surface area contributed by atoms with E-state index < -0.39 is 21.3 Å². The first-order chi connectivity index (χ1) is 11.9. The quantitative estimate of drug-likeness (QED) is 0.352. The van der Waals surface area contributed by atoms with Crippen LogP contribution in [0, 0.1) is 31.6 Å². The number of allylic oxidation sites excluding steroid dienone is 1. The number of ether oxygens (including phenoxy) is 1. The second-order valence-corrected chi connectivity index (χ2v) is 4.80. The van der Waals surface area contributed by atoms with E-state index in [2.05, 4.69) is 0 Å². The first-order valence-corrected chi connectivity index (χ1v) is 6.77.